The molecule has 1 aliphatic carbocycles. The van der Waals surface area contributed by atoms with Gasteiger partial charge in [-0.1, -0.05) is 12.8 Å². The molecule has 0 aliphatic heterocycles. The number of aromatic carboxylic acids is 1. The highest BCUT2D eigenvalue weighted by molar-refractivity contribution is 6.04. The third-order valence-electron chi connectivity index (χ3n) is 3.94. The number of halogens is 1. The van der Waals surface area contributed by atoms with Crippen LogP contribution in [0, 0.1) is 5.82 Å². The van der Waals surface area contributed by atoms with Crippen molar-refractivity contribution in [2.45, 2.75) is 38.5 Å². The maximum atomic E-state index is 13.4. The molecule has 0 fully saturated rings. The SMILES string of the molecule is O=C(O)c1c2c(nc3ccc(F)cc13)CCCCCC2. The molecule has 0 radical (unpaired) electrons. The van der Waals surface area contributed by atoms with Gasteiger partial charge in [-0.3, -0.25) is 4.98 Å². The van der Waals surface area contributed by atoms with Crippen LogP contribution in [0.1, 0.15) is 47.3 Å². The lowest BCUT2D eigenvalue weighted by atomic mass is 9.91. The Balaban J connectivity index is 2.32. The molecule has 0 saturated carbocycles. The van der Waals surface area contributed by atoms with Crippen molar-refractivity contribution in [3.8, 4) is 0 Å². The summed E-state index contributed by atoms with van der Waals surface area (Å²) in [4.78, 5) is 16.2. The minimum absolute atomic E-state index is 0.242. The quantitative estimate of drug-likeness (QED) is 0.861. The Hall–Kier alpha value is -1.97. The van der Waals surface area contributed by atoms with E-state index in [0.29, 0.717) is 10.9 Å². The van der Waals surface area contributed by atoms with Crippen LogP contribution in [0.15, 0.2) is 18.2 Å². The molecule has 4 heteroatoms. The van der Waals surface area contributed by atoms with Crippen molar-refractivity contribution >= 4 is 16.9 Å². The Morgan fingerprint density at radius 2 is 1.90 bits per heavy atom. The minimum Gasteiger partial charge on any atom is -0.478 e. The van der Waals surface area contributed by atoms with E-state index in [4.69, 9.17) is 0 Å². The van der Waals surface area contributed by atoms with E-state index in [-0.39, 0.29) is 5.56 Å². The number of aromatic nitrogens is 1. The predicted octanol–water partition coefficient (Wildman–Crippen LogP) is 3.73. The summed E-state index contributed by atoms with van der Waals surface area (Å²) in [5, 5.41) is 9.96. The number of hydrogen-bond donors (Lipinski definition) is 1. The van der Waals surface area contributed by atoms with E-state index in [2.05, 4.69) is 4.98 Å². The van der Waals surface area contributed by atoms with Crippen LogP contribution in [-0.4, -0.2) is 16.1 Å². The Bertz CT molecular complexity index is 682. The second kappa shape index (κ2) is 5.19. The first-order valence-corrected chi connectivity index (χ1v) is 7.01. The van der Waals surface area contributed by atoms with Crippen LogP contribution in [0.3, 0.4) is 0 Å². The molecule has 1 aromatic carbocycles. The van der Waals surface area contributed by atoms with Crippen molar-refractivity contribution in [2.75, 3.05) is 0 Å². The van der Waals surface area contributed by atoms with Crippen molar-refractivity contribution in [2.24, 2.45) is 0 Å². The van der Waals surface area contributed by atoms with Crippen LogP contribution in [0.4, 0.5) is 4.39 Å². The van der Waals surface area contributed by atoms with Crippen molar-refractivity contribution in [3.63, 3.8) is 0 Å². The molecule has 0 unspecified atom stereocenters. The highest BCUT2D eigenvalue weighted by Gasteiger charge is 2.21. The lowest BCUT2D eigenvalue weighted by Crippen LogP contribution is -2.11. The van der Waals surface area contributed by atoms with E-state index in [0.717, 1.165) is 49.8 Å². The van der Waals surface area contributed by atoms with E-state index < -0.39 is 11.8 Å². The van der Waals surface area contributed by atoms with Crippen molar-refractivity contribution in [1.29, 1.82) is 0 Å². The maximum absolute atomic E-state index is 13.4. The van der Waals surface area contributed by atoms with Crippen molar-refractivity contribution in [1.82, 2.24) is 4.98 Å². The lowest BCUT2D eigenvalue weighted by molar-refractivity contribution is 0.0697. The maximum Gasteiger partial charge on any atom is 0.336 e. The van der Waals surface area contributed by atoms with Gasteiger partial charge in [-0.2, -0.15) is 0 Å². The van der Waals surface area contributed by atoms with E-state index in [1.165, 1.54) is 12.1 Å². The molecule has 3 nitrogen and oxygen atoms in total. The zero-order valence-corrected chi connectivity index (χ0v) is 11.2. The smallest absolute Gasteiger partial charge is 0.336 e. The van der Waals surface area contributed by atoms with Crippen LogP contribution in [0.5, 0.6) is 0 Å². The number of aryl methyl sites for hydroxylation is 1. The van der Waals surface area contributed by atoms with Crippen LogP contribution in [0.25, 0.3) is 10.9 Å². The number of hydrogen-bond acceptors (Lipinski definition) is 2. The zero-order valence-electron chi connectivity index (χ0n) is 11.2. The van der Waals surface area contributed by atoms with Gasteiger partial charge in [0, 0.05) is 11.1 Å². The van der Waals surface area contributed by atoms with Crippen LogP contribution < -0.4 is 0 Å². The number of fused-ring (bicyclic) bond motifs is 2. The normalized spacial score (nSPS) is 15.4. The van der Waals surface area contributed by atoms with Gasteiger partial charge in [0.25, 0.3) is 0 Å². The highest BCUT2D eigenvalue weighted by atomic mass is 19.1. The summed E-state index contributed by atoms with van der Waals surface area (Å²) in [6.07, 6.45) is 5.80. The fourth-order valence-corrected chi connectivity index (χ4v) is 2.99. The molecule has 1 aromatic heterocycles. The van der Waals surface area contributed by atoms with E-state index in [1.807, 2.05) is 0 Å². The molecule has 0 atom stereocenters. The van der Waals surface area contributed by atoms with E-state index in [1.54, 1.807) is 6.07 Å². The number of rotatable bonds is 1. The molecule has 0 saturated heterocycles. The molecule has 0 bridgehead atoms. The second-order valence-electron chi connectivity index (χ2n) is 5.29. The van der Waals surface area contributed by atoms with Gasteiger partial charge in [0.05, 0.1) is 11.1 Å². The first-order valence-electron chi connectivity index (χ1n) is 7.01. The van der Waals surface area contributed by atoms with Crippen LogP contribution in [0.2, 0.25) is 0 Å². The number of benzene rings is 1. The topological polar surface area (TPSA) is 50.2 Å². The van der Waals surface area contributed by atoms with E-state index in [9.17, 15) is 14.3 Å². The monoisotopic (exact) mass is 273 g/mol. The van der Waals surface area contributed by atoms with Gasteiger partial charge in [0.15, 0.2) is 0 Å². The number of pyridine rings is 1. The Morgan fingerprint density at radius 1 is 1.15 bits per heavy atom. The molecule has 2 aromatic rings. The third kappa shape index (κ3) is 2.26. The predicted molar refractivity (Wildman–Crippen MR) is 74.5 cm³/mol. The second-order valence-corrected chi connectivity index (χ2v) is 5.29. The zero-order chi connectivity index (χ0) is 14.1. The number of nitrogens with zero attached hydrogens (tertiary/aromatic N) is 1. The van der Waals surface area contributed by atoms with Crippen molar-refractivity contribution in [3.05, 3.63) is 40.8 Å². The highest BCUT2D eigenvalue weighted by Crippen LogP contribution is 2.28. The van der Waals surface area contributed by atoms with Gasteiger partial charge in [0.2, 0.25) is 0 Å². The average Bonchev–Trinajstić information content (AvgIpc) is 2.38. The largest absolute Gasteiger partial charge is 0.478 e. The summed E-state index contributed by atoms with van der Waals surface area (Å²) in [6.45, 7) is 0. The fourth-order valence-electron chi connectivity index (χ4n) is 2.99. The molecule has 0 amide bonds. The Morgan fingerprint density at radius 3 is 2.65 bits per heavy atom. The minimum atomic E-state index is -0.986. The molecule has 1 heterocycles. The summed E-state index contributed by atoms with van der Waals surface area (Å²) in [7, 11) is 0. The van der Waals surface area contributed by atoms with Gasteiger partial charge in [0.1, 0.15) is 5.82 Å². The molecule has 3 rings (SSSR count). The lowest BCUT2D eigenvalue weighted by Gasteiger charge is -2.17. The van der Waals surface area contributed by atoms with Gasteiger partial charge >= 0.3 is 5.97 Å². The molecule has 0 spiro atoms. The first-order chi connectivity index (χ1) is 9.66. The van der Waals surface area contributed by atoms with Gasteiger partial charge in [-0.15, -0.1) is 0 Å². The summed E-state index contributed by atoms with van der Waals surface area (Å²) in [5.41, 5.74) is 2.49. The molecule has 104 valence electrons. The standard InChI is InChI=1S/C16H16FNO2/c17-10-7-8-14-12(9-10)15(16(19)20)11-5-3-1-2-4-6-13(11)18-14/h7-9H,1-6H2,(H,19,20). The Kier molecular flexibility index (Phi) is 3.38. The van der Waals surface area contributed by atoms with Gasteiger partial charge in [-0.25, -0.2) is 9.18 Å². The summed E-state index contributed by atoms with van der Waals surface area (Å²) in [6, 6.07) is 4.18. The Labute approximate surface area is 116 Å². The summed E-state index contributed by atoms with van der Waals surface area (Å²) >= 11 is 0. The number of carboxylic acid groups (broad SMARTS) is 1. The number of carbonyl (C=O) groups is 1. The van der Waals surface area contributed by atoms with Gasteiger partial charge in [-0.05, 0) is 49.4 Å². The van der Waals surface area contributed by atoms with Crippen LogP contribution in [-0.2, 0) is 12.8 Å². The summed E-state index contributed by atoms with van der Waals surface area (Å²) in [5.74, 6) is -1.41. The summed E-state index contributed by atoms with van der Waals surface area (Å²) < 4.78 is 13.4. The molecular weight excluding hydrogens is 257 g/mol. The third-order valence-corrected chi connectivity index (χ3v) is 3.94. The molecule has 20 heavy (non-hydrogen) atoms. The van der Waals surface area contributed by atoms with Crippen molar-refractivity contribution < 1.29 is 14.3 Å². The fraction of sp³-hybridized carbons (Fsp3) is 0.375. The van der Waals surface area contributed by atoms with Gasteiger partial charge < -0.3 is 5.11 Å². The first kappa shape index (κ1) is 13.0. The van der Waals surface area contributed by atoms with E-state index >= 15 is 0 Å². The molecule has 1 N–H and O–H groups in total. The average molecular weight is 273 g/mol. The van der Waals surface area contributed by atoms with Crippen LogP contribution >= 0.6 is 0 Å². The number of carboxylic acids is 1. The molecular formula is C16H16FNO2. The molecule has 1 aliphatic rings.